The van der Waals surface area contributed by atoms with Crippen molar-refractivity contribution in [3.63, 3.8) is 0 Å². The Morgan fingerprint density at radius 2 is 1.79 bits per heavy atom. The molecule has 0 saturated heterocycles. The second-order valence-electron chi connectivity index (χ2n) is 3.73. The molecule has 0 bridgehead atoms. The fraction of sp³-hybridized carbons (Fsp3) is 1.00. The van der Waals surface area contributed by atoms with E-state index in [0.29, 0.717) is 6.54 Å². The van der Waals surface area contributed by atoms with E-state index in [1.807, 2.05) is 6.92 Å². The minimum atomic E-state index is -3.35. The average Bonchev–Trinajstić information content (AvgIpc) is 1.96. The van der Waals surface area contributed by atoms with Crippen LogP contribution in [0.2, 0.25) is 0 Å². The molecule has 0 aliphatic heterocycles. The van der Waals surface area contributed by atoms with Gasteiger partial charge in [0.2, 0.25) is 0 Å². The zero-order valence-corrected chi connectivity index (χ0v) is 9.89. The van der Waals surface area contributed by atoms with E-state index in [1.54, 1.807) is 13.8 Å². The molecule has 0 aromatic carbocycles. The van der Waals surface area contributed by atoms with Crippen molar-refractivity contribution in [3.05, 3.63) is 0 Å². The third-order valence-corrected chi connectivity index (χ3v) is 3.08. The first-order valence-electron chi connectivity index (χ1n) is 4.87. The molecule has 0 aliphatic carbocycles. The van der Waals surface area contributed by atoms with E-state index in [4.69, 9.17) is 5.73 Å². The second kappa shape index (κ2) is 6.34. The molecule has 0 rings (SSSR count). The van der Waals surface area contributed by atoms with Crippen LogP contribution < -0.4 is 15.2 Å². The van der Waals surface area contributed by atoms with E-state index in [2.05, 4.69) is 9.44 Å². The minimum absolute atomic E-state index is 0.0743. The summed E-state index contributed by atoms with van der Waals surface area (Å²) in [6.07, 6.45) is 1.58. The highest BCUT2D eigenvalue weighted by Crippen LogP contribution is 1.96. The van der Waals surface area contributed by atoms with Crippen molar-refractivity contribution in [1.82, 2.24) is 9.44 Å². The average molecular weight is 223 g/mol. The summed E-state index contributed by atoms with van der Waals surface area (Å²) in [4.78, 5) is 0. The van der Waals surface area contributed by atoms with Crippen LogP contribution in [-0.4, -0.2) is 27.0 Å². The highest BCUT2D eigenvalue weighted by atomic mass is 32.2. The van der Waals surface area contributed by atoms with Crippen LogP contribution in [-0.2, 0) is 10.2 Å². The van der Waals surface area contributed by atoms with E-state index >= 15 is 0 Å². The van der Waals surface area contributed by atoms with Gasteiger partial charge in [-0.3, -0.25) is 0 Å². The third-order valence-electron chi connectivity index (χ3n) is 1.59. The van der Waals surface area contributed by atoms with Crippen molar-refractivity contribution in [2.45, 2.75) is 45.7 Å². The van der Waals surface area contributed by atoms with Crippen molar-refractivity contribution >= 4 is 10.2 Å². The Morgan fingerprint density at radius 1 is 1.21 bits per heavy atom. The number of hydrogen-bond acceptors (Lipinski definition) is 3. The largest absolute Gasteiger partial charge is 0.330 e. The fourth-order valence-electron chi connectivity index (χ4n) is 1.09. The van der Waals surface area contributed by atoms with E-state index < -0.39 is 10.2 Å². The maximum absolute atomic E-state index is 11.4. The van der Waals surface area contributed by atoms with Gasteiger partial charge in [-0.15, -0.1) is 0 Å². The standard InChI is InChI=1S/C8H21N3O2S/c1-7(2)10-14(12,13)11-8(3)5-4-6-9/h7-8,10-11H,4-6,9H2,1-3H3. The number of hydrogen-bond donors (Lipinski definition) is 3. The molecule has 0 amide bonds. The van der Waals surface area contributed by atoms with Crippen LogP contribution >= 0.6 is 0 Å². The molecule has 6 heteroatoms. The summed E-state index contributed by atoms with van der Waals surface area (Å²) in [5.41, 5.74) is 5.33. The van der Waals surface area contributed by atoms with Gasteiger partial charge < -0.3 is 5.73 Å². The van der Waals surface area contributed by atoms with Crippen molar-refractivity contribution in [2.24, 2.45) is 5.73 Å². The predicted octanol–water partition coefficient (Wildman–Crippen LogP) is -0.0538. The predicted molar refractivity (Wildman–Crippen MR) is 58.1 cm³/mol. The van der Waals surface area contributed by atoms with Crippen LogP contribution in [0.25, 0.3) is 0 Å². The van der Waals surface area contributed by atoms with Crippen LogP contribution in [0.5, 0.6) is 0 Å². The number of rotatable bonds is 7. The second-order valence-corrected chi connectivity index (χ2v) is 5.20. The van der Waals surface area contributed by atoms with Crippen LogP contribution in [0.15, 0.2) is 0 Å². The Hall–Kier alpha value is -0.170. The first kappa shape index (κ1) is 13.8. The fourth-order valence-corrected chi connectivity index (χ4v) is 2.43. The normalized spacial score (nSPS) is 14.6. The van der Waals surface area contributed by atoms with Gasteiger partial charge in [0.15, 0.2) is 0 Å². The summed E-state index contributed by atoms with van der Waals surface area (Å²) in [6.45, 7) is 5.98. The van der Waals surface area contributed by atoms with E-state index in [1.165, 1.54) is 0 Å². The van der Waals surface area contributed by atoms with Crippen LogP contribution in [0.3, 0.4) is 0 Å². The van der Waals surface area contributed by atoms with Gasteiger partial charge in [-0.1, -0.05) is 0 Å². The van der Waals surface area contributed by atoms with Crippen LogP contribution in [0, 0.1) is 0 Å². The molecule has 1 atom stereocenters. The molecule has 4 N–H and O–H groups in total. The van der Waals surface area contributed by atoms with Crippen LogP contribution in [0.1, 0.15) is 33.6 Å². The third kappa shape index (κ3) is 7.25. The Kier molecular flexibility index (Phi) is 6.26. The van der Waals surface area contributed by atoms with Crippen molar-refractivity contribution in [3.8, 4) is 0 Å². The molecule has 0 fully saturated rings. The van der Waals surface area contributed by atoms with E-state index in [9.17, 15) is 8.42 Å². The summed E-state index contributed by atoms with van der Waals surface area (Å²) in [7, 11) is -3.35. The first-order chi connectivity index (χ1) is 6.37. The number of nitrogens with one attached hydrogen (secondary N) is 2. The summed E-state index contributed by atoms with van der Waals surface area (Å²) in [6, 6.07) is -0.163. The molecule has 0 radical (unpaired) electrons. The molecule has 0 spiro atoms. The highest BCUT2D eigenvalue weighted by Gasteiger charge is 2.14. The van der Waals surface area contributed by atoms with Gasteiger partial charge in [-0.25, -0.2) is 0 Å². The molecule has 5 nitrogen and oxygen atoms in total. The summed E-state index contributed by atoms with van der Waals surface area (Å²) < 4.78 is 27.7. The Balaban J connectivity index is 3.96. The zero-order chi connectivity index (χ0) is 11.2. The van der Waals surface area contributed by atoms with Crippen molar-refractivity contribution in [2.75, 3.05) is 6.54 Å². The van der Waals surface area contributed by atoms with Gasteiger partial charge in [0.05, 0.1) is 0 Å². The lowest BCUT2D eigenvalue weighted by Crippen LogP contribution is -2.44. The van der Waals surface area contributed by atoms with Crippen LogP contribution in [0.4, 0.5) is 0 Å². The topological polar surface area (TPSA) is 84.2 Å². The van der Waals surface area contributed by atoms with Gasteiger partial charge in [0.1, 0.15) is 0 Å². The Labute approximate surface area is 86.6 Å². The Bertz CT molecular complexity index is 239. The van der Waals surface area contributed by atoms with E-state index in [0.717, 1.165) is 12.8 Å². The van der Waals surface area contributed by atoms with E-state index in [-0.39, 0.29) is 12.1 Å². The minimum Gasteiger partial charge on any atom is -0.330 e. The number of nitrogens with two attached hydrogens (primary N) is 1. The zero-order valence-electron chi connectivity index (χ0n) is 9.08. The molecular weight excluding hydrogens is 202 g/mol. The molecule has 0 aliphatic rings. The lowest BCUT2D eigenvalue weighted by Gasteiger charge is -2.15. The van der Waals surface area contributed by atoms with Gasteiger partial charge >= 0.3 is 0 Å². The van der Waals surface area contributed by atoms with Gasteiger partial charge in [0.25, 0.3) is 10.2 Å². The molecular formula is C8H21N3O2S. The maximum atomic E-state index is 11.4. The summed E-state index contributed by atoms with van der Waals surface area (Å²) >= 11 is 0. The summed E-state index contributed by atoms with van der Waals surface area (Å²) in [5, 5.41) is 0. The molecule has 0 heterocycles. The highest BCUT2D eigenvalue weighted by molar-refractivity contribution is 7.87. The lowest BCUT2D eigenvalue weighted by molar-refractivity contribution is 0.520. The molecule has 1 unspecified atom stereocenters. The SMILES string of the molecule is CC(C)NS(=O)(=O)NC(C)CCCN. The smallest absolute Gasteiger partial charge is 0.277 e. The van der Waals surface area contributed by atoms with Gasteiger partial charge in [-0.2, -0.15) is 17.9 Å². The van der Waals surface area contributed by atoms with Crippen molar-refractivity contribution < 1.29 is 8.42 Å². The van der Waals surface area contributed by atoms with Crippen molar-refractivity contribution in [1.29, 1.82) is 0 Å². The summed E-state index contributed by atoms with van der Waals surface area (Å²) in [5.74, 6) is 0. The van der Waals surface area contributed by atoms with Gasteiger partial charge in [0, 0.05) is 12.1 Å². The molecule has 0 aromatic heterocycles. The molecule has 14 heavy (non-hydrogen) atoms. The monoisotopic (exact) mass is 223 g/mol. The maximum Gasteiger partial charge on any atom is 0.277 e. The lowest BCUT2D eigenvalue weighted by atomic mass is 10.2. The Morgan fingerprint density at radius 3 is 2.21 bits per heavy atom. The van der Waals surface area contributed by atoms with Gasteiger partial charge in [-0.05, 0) is 40.2 Å². The molecule has 86 valence electrons. The first-order valence-corrected chi connectivity index (χ1v) is 6.35. The quantitative estimate of drug-likeness (QED) is 0.565. The molecule has 0 saturated carbocycles. The molecule has 0 aromatic rings.